The Hall–Kier alpha value is -0.960. The van der Waals surface area contributed by atoms with Crippen LogP contribution in [0.15, 0.2) is 21.5 Å². The largest absolute Gasteiger partial charge is 0.478 e. The molecule has 0 saturated heterocycles. The lowest BCUT2D eigenvalue weighted by Gasteiger charge is -2.15. The van der Waals surface area contributed by atoms with Gasteiger partial charge in [0, 0.05) is 24.2 Å². The molecule has 0 radical (unpaired) electrons. The van der Waals surface area contributed by atoms with Crippen molar-refractivity contribution in [1.29, 1.82) is 0 Å². The van der Waals surface area contributed by atoms with Crippen molar-refractivity contribution in [1.82, 2.24) is 4.72 Å². The summed E-state index contributed by atoms with van der Waals surface area (Å²) < 4.78 is 32.4. The fourth-order valence-electron chi connectivity index (χ4n) is 1.72. The molecule has 0 aliphatic rings. The van der Waals surface area contributed by atoms with Gasteiger partial charge >= 0.3 is 5.97 Å². The first-order chi connectivity index (χ1) is 9.69. The molecule has 0 amide bonds. The Balaban J connectivity index is 3.12. The van der Waals surface area contributed by atoms with Crippen molar-refractivity contribution >= 4 is 31.9 Å². The lowest BCUT2D eigenvalue weighted by atomic mass is 10.1. The number of rotatable bonds is 7. The van der Waals surface area contributed by atoms with Gasteiger partial charge < -0.3 is 9.84 Å². The fourth-order valence-corrected chi connectivity index (χ4v) is 3.66. The number of hydrogen-bond donors (Lipinski definition) is 2. The third kappa shape index (κ3) is 4.77. The van der Waals surface area contributed by atoms with Crippen LogP contribution >= 0.6 is 15.9 Å². The number of aromatic carboxylic acids is 1. The van der Waals surface area contributed by atoms with Gasteiger partial charge in [0.1, 0.15) is 0 Å². The molecule has 1 rings (SSSR count). The summed E-state index contributed by atoms with van der Waals surface area (Å²) in [5, 5.41) is 9.13. The Labute approximate surface area is 132 Å². The van der Waals surface area contributed by atoms with Crippen LogP contribution in [0.25, 0.3) is 0 Å². The second-order valence-corrected chi connectivity index (χ2v) is 7.25. The van der Waals surface area contributed by atoms with E-state index in [-0.39, 0.29) is 16.5 Å². The molecule has 118 valence electrons. The minimum atomic E-state index is -3.78. The monoisotopic (exact) mass is 379 g/mol. The van der Waals surface area contributed by atoms with Crippen molar-refractivity contribution in [3.8, 4) is 0 Å². The molecule has 0 fully saturated rings. The van der Waals surface area contributed by atoms with E-state index in [0.29, 0.717) is 23.1 Å². The summed E-state index contributed by atoms with van der Waals surface area (Å²) >= 11 is 3.19. The lowest BCUT2D eigenvalue weighted by Crippen LogP contribution is -2.33. The summed E-state index contributed by atoms with van der Waals surface area (Å²) in [5.74, 6) is -1.17. The van der Waals surface area contributed by atoms with Gasteiger partial charge in [0.25, 0.3) is 0 Å². The SMILES string of the molecule is COCCC(C)NS(=O)(=O)c1cc(Br)c(C)c(C(=O)O)c1. The zero-order chi connectivity index (χ0) is 16.2. The Morgan fingerprint density at radius 1 is 1.48 bits per heavy atom. The van der Waals surface area contributed by atoms with E-state index in [1.54, 1.807) is 13.8 Å². The minimum Gasteiger partial charge on any atom is -0.478 e. The highest BCUT2D eigenvalue weighted by molar-refractivity contribution is 9.10. The number of ether oxygens (including phenoxy) is 1. The van der Waals surface area contributed by atoms with Crippen LogP contribution in [-0.4, -0.2) is 39.3 Å². The zero-order valence-corrected chi connectivity index (χ0v) is 14.4. The number of hydrogen-bond acceptors (Lipinski definition) is 4. The number of carboxylic acid groups (broad SMARTS) is 1. The molecule has 8 heteroatoms. The molecule has 0 saturated carbocycles. The summed E-state index contributed by atoms with van der Waals surface area (Å²) in [6.07, 6.45) is 0.522. The standard InChI is InChI=1S/C13H18BrNO5S/c1-8(4-5-20-3)15-21(18,19)10-6-11(13(16)17)9(2)12(14)7-10/h6-8,15H,4-5H2,1-3H3,(H,16,17). The normalized spacial score (nSPS) is 13.1. The van der Waals surface area contributed by atoms with E-state index in [1.807, 2.05) is 0 Å². The van der Waals surface area contributed by atoms with Gasteiger partial charge in [0.2, 0.25) is 10.0 Å². The van der Waals surface area contributed by atoms with E-state index >= 15 is 0 Å². The second-order valence-electron chi connectivity index (χ2n) is 4.69. The first-order valence-corrected chi connectivity index (χ1v) is 8.51. The van der Waals surface area contributed by atoms with Gasteiger partial charge in [-0.05, 0) is 38.0 Å². The summed E-state index contributed by atoms with van der Waals surface area (Å²) in [5.41, 5.74) is 0.433. The van der Waals surface area contributed by atoms with Gasteiger partial charge in [0.05, 0.1) is 10.5 Å². The van der Waals surface area contributed by atoms with Crippen LogP contribution in [0.3, 0.4) is 0 Å². The molecule has 21 heavy (non-hydrogen) atoms. The highest BCUT2D eigenvalue weighted by Crippen LogP contribution is 2.25. The van der Waals surface area contributed by atoms with Gasteiger partial charge in [-0.25, -0.2) is 17.9 Å². The van der Waals surface area contributed by atoms with Crippen LogP contribution in [0.2, 0.25) is 0 Å². The van der Waals surface area contributed by atoms with Crippen LogP contribution in [-0.2, 0) is 14.8 Å². The Morgan fingerprint density at radius 2 is 2.10 bits per heavy atom. The molecule has 0 heterocycles. The Morgan fingerprint density at radius 3 is 2.62 bits per heavy atom. The first kappa shape index (κ1) is 18.1. The molecular weight excluding hydrogens is 362 g/mol. The molecule has 0 bridgehead atoms. The van der Waals surface area contributed by atoms with Crippen LogP contribution in [0, 0.1) is 6.92 Å². The van der Waals surface area contributed by atoms with Gasteiger partial charge in [-0.2, -0.15) is 0 Å². The first-order valence-electron chi connectivity index (χ1n) is 6.23. The number of halogens is 1. The molecule has 0 aromatic heterocycles. The number of sulfonamides is 1. The Kier molecular flexibility index (Phi) is 6.33. The molecule has 0 spiro atoms. The van der Waals surface area contributed by atoms with Crippen molar-refractivity contribution < 1.29 is 23.1 Å². The van der Waals surface area contributed by atoms with E-state index < -0.39 is 16.0 Å². The summed E-state index contributed by atoms with van der Waals surface area (Å²) in [6.45, 7) is 3.76. The number of nitrogens with one attached hydrogen (secondary N) is 1. The summed E-state index contributed by atoms with van der Waals surface area (Å²) in [6, 6.07) is 2.24. The molecule has 0 aliphatic heterocycles. The molecule has 2 N–H and O–H groups in total. The molecule has 6 nitrogen and oxygen atoms in total. The average Bonchev–Trinajstić information content (AvgIpc) is 2.38. The van der Waals surface area contributed by atoms with Crippen LogP contribution < -0.4 is 4.72 Å². The number of benzene rings is 1. The number of methoxy groups -OCH3 is 1. The maximum atomic E-state index is 12.3. The van der Waals surface area contributed by atoms with Crippen molar-refractivity contribution in [2.75, 3.05) is 13.7 Å². The van der Waals surface area contributed by atoms with Crippen molar-refractivity contribution in [2.24, 2.45) is 0 Å². The van der Waals surface area contributed by atoms with Gasteiger partial charge in [-0.3, -0.25) is 0 Å². The molecular formula is C13H18BrNO5S. The molecule has 1 aromatic carbocycles. The van der Waals surface area contributed by atoms with Crippen LogP contribution in [0.4, 0.5) is 0 Å². The van der Waals surface area contributed by atoms with Gasteiger partial charge in [-0.15, -0.1) is 0 Å². The molecule has 1 aromatic rings. The Bertz CT molecular complexity index is 630. The second kappa shape index (κ2) is 7.35. The third-order valence-electron chi connectivity index (χ3n) is 2.97. The third-order valence-corrected chi connectivity index (χ3v) is 5.36. The van der Waals surface area contributed by atoms with E-state index in [4.69, 9.17) is 9.84 Å². The number of carboxylic acids is 1. The van der Waals surface area contributed by atoms with Gasteiger partial charge in [-0.1, -0.05) is 15.9 Å². The predicted octanol–water partition coefficient (Wildman–Crippen LogP) is 2.16. The predicted molar refractivity (Wildman–Crippen MR) is 82.1 cm³/mol. The maximum absolute atomic E-state index is 12.3. The van der Waals surface area contributed by atoms with Crippen molar-refractivity contribution in [2.45, 2.75) is 31.2 Å². The highest BCUT2D eigenvalue weighted by Gasteiger charge is 2.21. The summed E-state index contributed by atoms with van der Waals surface area (Å²) in [7, 11) is -2.24. The smallest absolute Gasteiger partial charge is 0.336 e. The lowest BCUT2D eigenvalue weighted by molar-refractivity contribution is 0.0695. The maximum Gasteiger partial charge on any atom is 0.336 e. The van der Waals surface area contributed by atoms with E-state index in [9.17, 15) is 13.2 Å². The zero-order valence-electron chi connectivity index (χ0n) is 12.0. The average molecular weight is 380 g/mol. The molecule has 0 aliphatic carbocycles. The van der Waals surface area contributed by atoms with E-state index in [2.05, 4.69) is 20.7 Å². The molecule has 1 unspecified atom stereocenters. The van der Waals surface area contributed by atoms with Crippen molar-refractivity contribution in [3.05, 3.63) is 27.7 Å². The molecule has 1 atom stereocenters. The minimum absolute atomic E-state index is 0.0469. The van der Waals surface area contributed by atoms with E-state index in [1.165, 1.54) is 13.2 Å². The van der Waals surface area contributed by atoms with Crippen LogP contribution in [0.1, 0.15) is 29.3 Å². The topological polar surface area (TPSA) is 92.7 Å². The summed E-state index contributed by atoms with van der Waals surface area (Å²) in [4.78, 5) is 11.1. The van der Waals surface area contributed by atoms with E-state index in [0.717, 1.165) is 6.07 Å². The van der Waals surface area contributed by atoms with Gasteiger partial charge in [0.15, 0.2) is 0 Å². The highest BCUT2D eigenvalue weighted by atomic mass is 79.9. The fraction of sp³-hybridized carbons (Fsp3) is 0.462. The van der Waals surface area contributed by atoms with Crippen molar-refractivity contribution in [3.63, 3.8) is 0 Å². The number of carbonyl (C=O) groups is 1. The quantitative estimate of drug-likeness (QED) is 0.756. The van der Waals surface area contributed by atoms with Crippen LogP contribution in [0.5, 0.6) is 0 Å².